The third-order valence-electron chi connectivity index (χ3n) is 5.45. The first kappa shape index (κ1) is 14.4. The lowest BCUT2D eigenvalue weighted by atomic mass is 9.58. The number of carbonyl (C=O) groups excluding carboxylic acids is 2. The number of esters is 2. The second-order valence-corrected chi connectivity index (χ2v) is 6.77. The number of hydrogen-bond donors (Lipinski definition) is 0. The minimum atomic E-state index is -0.401. The summed E-state index contributed by atoms with van der Waals surface area (Å²) in [5.74, 6) is -0.723. The number of hydrogen-bond acceptors (Lipinski definition) is 4. The normalized spacial score (nSPS) is 38.7. The third-order valence-corrected chi connectivity index (χ3v) is 5.45. The number of rotatable bonds is 1. The fraction of sp³-hybridized carbons (Fsp3) is 0.647. The summed E-state index contributed by atoms with van der Waals surface area (Å²) in [6.45, 7) is 9.59. The Bertz CT molecular complexity index is 559. The molecule has 3 aliphatic rings. The Hall–Kier alpha value is -1.58. The van der Waals surface area contributed by atoms with Gasteiger partial charge >= 0.3 is 11.9 Å². The van der Waals surface area contributed by atoms with E-state index in [1.54, 1.807) is 0 Å². The summed E-state index contributed by atoms with van der Waals surface area (Å²) in [5.41, 5.74) is 3.00. The van der Waals surface area contributed by atoms with E-state index >= 15 is 0 Å². The quantitative estimate of drug-likeness (QED) is 0.423. The van der Waals surface area contributed by atoms with Crippen LogP contribution in [0.4, 0.5) is 0 Å². The number of carbonyl (C=O) groups is 2. The summed E-state index contributed by atoms with van der Waals surface area (Å²) in [4.78, 5) is 23.4. The van der Waals surface area contributed by atoms with Crippen molar-refractivity contribution in [2.24, 2.45) is 11.3 Å². The van der Waals surface area contributed by atoms with Crippen molar-refractivity contribution < 1.29 is 19.1 Å². The van der Waals surface area contributed by atoms with Crippen LogP contribution in [0.2, 0.25) is 0 Å². The molecule has 4 heteroatoms. The molecular formula is C17H22O4. The maximum absolute atomic E-state index is 11.9. The summed E-state index contributed by atoms with van der Waals surface area (Å²) < 4.78 is 11.1. The van der Waals surface area contributed by atoms with Crippen LogP contribution >= 0.6 is 0 Å². The Morgan fingerprint density at radius 1 is 1.48 bits per heavy atom. The second kappa shape index (κ2) is 4.72. The zero-order chi connectivity index (χ0) is 15.4. The average molecular weight is 290 g/mol. The van der Waals surface area contributed by atoms with Crippen molar-refractivity contribution in [1.29, 1.82) is 0 Å². The van der Waals surface area contributed by atoms with Gasteiger partial charge in [0.15, 0.2) is 0 Å². The van der Waals surface area contributed by atoms with Gasteiger partial charge in [0.05, 0.1) is 0 Å². The van der Waals surface area contributed by atoms with Gasteiger partial charge in [0, 0.05) is 23.8 Å². The lowest BCUT2D eigenvalue weighted by Crippen LogP contribution is -2.53. The highest BCUT2D eigenvalue weighted by atomic mass is 16.6. The van der Waals surface area contributed by atoms with E-state index in [1.807, 2.05) is 0 Å². The molecule has 0 N–H and O–H groups in total. The summed E-state index contributed by atoms with van der Waals surface area (Å²) in [6, 6.07) is 0. The monoisotopic (exact) mass is 290 g/mol. The van der Waals surface area contributed by atoms with E-state index in [-0.39, 0.29) is 29.4 Å². The van der Waals surface area contributed by atoms with E-state index in [0.717, 1.165) is 25.7 Å². The molecular weight excluding hydrogens is 268 g/mol. The molecule has 0 radical (unpaired) electrons. The van der Waals surface area contributed by atoms with E-state index in [1.165, 1.54) is 18.1 Å². The fourth-order valence-corrected chi connectivity index (χ4v) is 4.33. The highest BCUT2D eigenvalue weighted by molar-refractivity contribution is 5.91. The van der Waals surface area contributed by atoms with Crippen LogP contribution in [0.3, 0.4) is 0 Å². The topological polar surface area (TPSA) is 52.6 Å². The van der Waals surface area contributed by atoms with Gasteiger partial charge in [-0.15, -0.1) is 0 Å². The zero-order valence-electron chi connectivity index (χ0n) is 12.9. The van der Waals surface area contributed by atoms with Gasteiger partial charge in [0.25, 0.3) is 0 Å². The minimum absolute atomic E-state index is 0.0574. The average Bonchev–Trinajstić information content (AvgIpc) is 2.67. The molecule has 4 atom stereocenters. The largest absolute Gasteiger partial charge is 0.458 e. The van der Waals surface area contributed by atoms with Crippen LogP contribution in [-0.2, 0) is 19.1 Å². The van der Waals surface area contributed by atoms with Crippen LogP contribution in [0.15, 0.2) is 23.3 Å². The Balaban J connectivity index is 2.08. The molecule has 2 fully saturated rings. The Kier molecular flexibility index (Phi) is 3.23. The molecule has 0 aromatic carbocycles. The summed E-state index contributed by atoms with van der Waals surface area (Å²) >= 11 is 0. The Labute approximate surface area is 125 Å². The molecule has 0 aromatic rings. The van der Waals surface area contributed by atoms with E-state index in [2.05, 4.69) is 20.4 Å². The van der Waals surface area contributed by atoms with Gasteiger partial charge in [0.2, 0.25) is 0 Å². The van der Waals surface area contributed by atoms with Crippen molar-refractivity contribution in [2.45, 2.75) is 58.7 Å². The van der Waals surface area contributed by atoms with Gasteiger partial charge in [-0.2, -0.15) is 0 Å². The van der Waals surface area contributed by atoms with E-state index in [0.29, 0.717) is 5.57 Å². The standard InChI is InChI=1S/C17H22O4/c1-9-6-5-7-17(4)13(9)8-12-10(2)16(19)21-14(12)15(17)20-11(3)18/h12,14-15H,2,5-8H2,1,3-4H3/t12-,14-,15+,17+/m0/s1. The molecule has 0 amide bonds. The first-order valence-corrected chi connectivity index (χ1v) is 7.60. The summed E-state index contributed by atoms with van der Waals surface area (Å²) in [6.07, 6.45) is 3.14. The van der Waals surface area contributed by atoms with E-state index < -0.39 is 6.10 Å². The van der Waals surface area contributed by atoms with Gasteiger partial charge in [0.1, 0.15) is 12.2 Å². The van der Waals surface area contributed by atoms with Crippen molar-refractivity contribution in [2.75, 3.05) is 0 Å². The van der Waals surface area contributed by atoms with Crippen molar-refractivity contribution >= 4 is 11.9 Å². The first-order valence-electron chi connectivity index (χ1n) is 7.60. The van der Waals surface area contributed by atoms with Crippen molar-refractivity contribution in [3.63, 3.8) is 0 Å². The predicted molar refractivity (Wildman–Crippen MR) is 77.3 cm³/mol. The molecule has 114 valence electrons. The molecule has 4 nitrogen and oxygen atoms in total. The maximum atomic E-state index is 11.9. The van der Waals surface area contributed by atoms with Crippen molar-refractivity contribution in [1.82, 2.24) is 0 Å². The lowest BCUT2D eigenvalue weighted by Gasteiger charge is -2.49. The van der Waals surface area contributed by atoms with Gasteiger partial charge in [-0.1, -0.05) is 24.6 Å². The van der Waals surface area contributed by atoms with E-state index in [9.17, 15) is 9.59 Å². The van der Waals surface area contributed by atoms with Gasteiger partial charge in [-0.05, 0) is 32.6 Å². The summed E-state index contributed by atoms with van der Waals surface area (Å²) in [5, 5.41) is 0. The fourth-order valence-electron chi connectivity index (χ4n) is 4.33. The molecule has 0 unspecified atom stereocenters. The highest BCUT2D eigenvalue weighted by Crippen LogP contribution is 2.55. The van der Waals surface area contributed by atoms with Crippen molar-refractivity contribution in [3.05, 3.63) is 23.3 Å². The lowest BCUT2D eigenvalue weighted by molar-refractivity contribution is -0.174. The Morgan fingerprint density at radius 2 is 2.19 bits per heavy atom. The first-order chi connectivity index (χ1) is 9.84. The zero-order valence-corrected chi connectivity index (χ0v) is 12.9. The molecule has 3 rings (SSSR count). The highest BCUT2D eigenvalue weighted by Gasteiger charge is 2.58. The molecule has 1 saturated heterocycles. The smallest absolute Gasteiger partial charge is 0.334 e. The second-order valence-electron chi connectivity index (χ2n) is 6.77. The third kappa shape index (κ3) is 2.03. The van der Waals surface area contributed by atoms with Gasteiger partial charge < -0.3 is 9.47 Å². The summed E-state index contributed by atoms with van der Waals surface area (Å²) in [7, 11) is 0. The molecule has 2 aliphatic carbocycles. The molecule has 1 aliphatic heterocycles. The predicted octanol–water partition coefficient (Wildman–Crippen LogP) is 2.93. The van der Waals surface area contributed by atoms with E-state index in [4.69, 9.17) is 9.47 Å². The van der Waals surface area contributed by atoms with Crippen LogP contribution in [0.1, 0.15) is 46.5 Å². The molecule has 0 bridgehead atoms. The van der Waals surface area contributed by atoms with Gasteiger partial charge in [-0.25, -0.2) is 4.79 Å². The molecule has 1 saturated carbocycles. The Morgan fingerprint density at radius 3 is 2.86 bits per heavy atom. The molecule has 0 aromatic heterocycles. The minimum Gasteiger partial charge on any atom is -0.458 e. The van der Waals surface area contributed by atoms with Crippen LogP contribution in [0.25, 0.3) is 0 Å². The SMILES string of the molecule is C=C1C(=O)O[C@@H]2[C@@H](OC(C)=O)[C@]3(C)CCCC(C)=C3C[C@@H]12. The number of ether oxygens (including phenoxy) is 2. The number of allylic oxidation sites excluding steroid dienone is 1. The number of fused-ring (bicyclic) bond motifs is 2. The van der Waals surface area contributed by atoms with Gasteiger partial charge in [-0.3, -0.25) is 4.79 Å². The van der Waals surface area contributed by atoms with Crippen LogP contribution in [-0.4, -0.2) is 24.1 Å². The molecule has 21 heavy (non-hydrogen) atoms. The van der Waals surface area contributed by atoms with Crippen molar-refractivity contribution in [3.8, 4) is 0 Å². The van der Waals surface area contributed by atoms with Crippen LogP contribution < -0.4 is 0 Å². The van der Waals surface area contributed by atoms with Crippen LogP contribution in [0, 0.1) is 11.3 Å². The molecule has 0 spiro atoms. The van der Waals surface area contributed by atoms with Crippen LogP contribution in [0.5, 0.6) is 0 Å². The maximum Gasteiger partial charge on any atom is 0.334 e. The molecule has 1 heterocycles.